The fraction of sp³-hybridized carbons (Fsp3) is 0.621. The number of nitrogens with one attached hydrogen (secondary N) is 3. The minimum absolute atomic E-state index is 0.0166. The average molecular weight is 554 g/mol. The molecule has 0 saturated carbocycles. The van der Waals surface area contributed by atoms with Crippen LogP contribution in [0.15, 0.2) is 24.3 Å². The molecule has 11 heteroatoms. The van der Waals surface area contributed by atoms with Gasteiger partial charge in [-0.05, 0) is 57.4 Å². The summed E-state index contributed by atoms with van der Waals surface area (Å²) in [4.78, 5) is 68.1. The molecule has 0 spiro atoms. The van der Waals surface area contributed by atoms with Crippen molar-refractivity contribution in [3.63, 3.8) is 0 Å². The fourth-order valence-electron chi connectivity index (χ4n) is 6.39. The van der Waals surface area contributed by atoms with Crippen LogP contribution >= 0.6 is 0 Å². The maximum Gasteiger partial charge on any atom is 0.329 e. The van der Waals surface area contributed by atoms with E-state index in [-0.39, 0.29) is 48.3 Å². The van der Waals surface area contributed by atoms with Gasteiger partial charge >= 0.3 is 5.97 Å². The zero-order valence-corrected chi connectivity index (χ0v) is 23.2. The van der Waals surface area contributed by atoms with E-state index in [0.717, 1.165) is 31.2 Å². The molecule has 4 amide bonds. The molecule has 2 unspecified atom stereocenters. The van der Waals surface area contributed by atoms with Crippen molar-refractivity contribution in [2.24, 2.45) is 0 Å². The Morgan fingerprint density at radius 2 is 1.88 bits per heavy atom. The first-order valence-corrected chi connectivity index (χ1v) is 14.4. The number of hydrogen-bond donors (Lipinski definition) is 3. The van der Waals surface area contributed by atoms with Gasteiger partial charge in [0.15, 0.2) is 0 Å². The predicted molar refractivity (Wildman–Crippen MR) is 145 cm³/mol. The number of amides is 4. The first kappa shape index (κ1) is 28.1. The minimum Gasteiger partial charge on any atom is -0.461 e. The molecule has 3 N–H and O–H groups in total. The van der Waals surface area contributed by atoms with Gasteiger partial charge in [0, 0.05) is 37.5 Å². The first-order valence-electron chi connectivity index (χ1n) is 14.4. The number of fused-ring (bicyclic) bond motifs is 3. The number of likely N-dealkylation sites (tertiary alicyclic amines) is 1. The Morgan fingerprint density at radius 3 is 2.67 bits per heavy atom. The number of carbonyl (C=O) groups excluding carboxylic acids is 5. The van der Waals surface area contributed by atoms with Gasteiger partial charge in [-0.1, -0.05) is 25.0 Å². The van der Waals surface area contributed by atoms with Gasteiger partial charge in [0.2, 0.25) is 17.7 Å². The van der Waals surface area contributed by atoms with Gasteiger partial charge in [0.1, 0.15) is 24.2 Å². The second-order valence-corrected chi connectivity index (χ2v) is 11.4. The van der Waals surface area contributed by atoms with Gasteiger partial charge in [-0.15, -0.1) is 0 Å². The van der Waals surface area contributed by atoms with Gasteiger partial charge in [-0.25, -0.2) is 4.79 Å². The van der Waals surface area contributed by atoms with Crippen LogP contribution in [-0.4, -0.2) is 89.3 Å². The van der Waals surface area contributed by atoms with Crippen molar-refractivity contribution in [1.82, 2.24) is 25.8 Å². The molecule has 11 nitrogen and oxygen atoms in total. The highest BCUT2D eigenvalue weighted by molar-refractivity contribution is 5.98. The van der Waals surface area contributed by atoms with Gasteiger partial charge in [-0.2, -0.15) is 0 Å². The summed E-state index contributed by atoms with van der Waals surface area (Å²) >= 11 is 0. The number of hydrogen-bond acceptors (Lipinski definition) is 7. The normalized spacial score (nSPS) is 28.7. The van der Waals surface area contributed by atoms with E-state index in [1.54, 1.807) is 42.0 Å². The third kappa shape index (κ3) is 5.70. The van der Waals surface area contributed by atoms with Crippen LogP contribution in [0.1, 0.15) is 74.2 Å². The molecule has 6 atom stereocenters. The summed E-state index contributed by atoms with van der Waals surface area (Å²) in [5, 5.41) is 8.74. The van der Waals surface area contributed by atoms with Crippen molar-refractivity contribution in [3.8, 4) is 0 Å². The third-order valence-corrected chi connectivity index (χ3v) is 8.79. The minimum atomic E-state index is -0.649. The molecule has 0 aromatic heterocycles. The quantitative estimate of drug-likeness (QED) is 0.426. The lowest BCUT2D eigenvalue weighted by Crippen LogP contribution is -2.57. The van der Waals surface area contributed by atoms with Crippen LogP contribution < -0.4 is 16.0 Å². The second-order valence-electron chi connectivity index (χ2n) is 11.4. The molecule has 5 rings (SSSR count). The van der Waals surface area contributed by atoms with E-state index in [2.05, 4.69) is 16.0 Å². The summed E-state index contributed by atoms with van der Waals surface area (Å²) in [6, 6.07) is 4.83. The van der Waals surface area contributed by atoms with Crippen molar-refractivity contribution < 1.29 is 28.7 Å². The fourth-order valence-corrected chi connectivity index (χ4v) is 6.39. The van der Waals surface area contributed by atoms with E-state index in [4.69, 9.17) is 4.74 Å². The van der Waals surface area contributed by atoms with E-state index in [0.29, 0.717) is 37.8 Å². The number of benzene rings is 1. The summed E-state index contributed by atoms with van der Waals surface area (Å²) < 4.78 is 5.31. The lowest BCUT2D eigenvalue weighted by Gasteiger charge is -2.35. The smallest absolute Gasteiger partial charge is 0.329 e. The van der Waals surface area contributed by atoms with E-state index in [1.807, 2.05) is 6.07 Å². The lowest BCUT2D eigenvalue weighted by molar-refractivity contribution is -0.144. The SMILES string of the molecule is CN[C@@H](C)C(=O)N[C@H]1CCCC[C@H]2CC[C@@H](C(=O)NCc3cccc(C(=O)N4CCC5CC4C(=O)O5)c3)N2C1=O. The van der Waals surface area contributed by atoms with Gasteiger partial charge < -0.3 is 30.5 Å². The number of nitrogens with zero attached hydrogens (tertiary/aromatic N) is 2. The number of esters is 1. The molecule has 4 aliphatic heterocycles. The predicted octanol–water partition coefficient (Wildman–Crippen LogP) is 0.859. The van der Waals surface area contributed by atoms with Crippen molar-refractivity contribution in [1.29, 1.82) is 0 Å². The number of carbonyl (C=O) groups is 5. The van der Waals surface area contributed by atoms with Gasteiger partial charge in [-0.3, -0.25) is 19.2 Å². The van der Waals surface area contributed by atoms with E-state index >= 15 is 0 Å². The van der Waals surface area contributed by atoms with Gasteiger partial charge in [0.05, 0.1) is 6.04 Å². The number of likely N-dealkylation sites (N-methyl/N-ethyl adjacent to an activating group) is 1. The maximum absolute atomic E-state index is 13.6. The molecule has 0 radical (unpaired) electrons. The van der Waals surface area contributed by atoms with Crippen LogP contribution in [0.25, 0.3) is 0 Å². The molecule has 40 heavy (non-hydrogen) atoms. The monoisotopic (exact) mass is 553 g/mol. The maximum atomic E-state index is 13.6. The average Bonchev–Trinajstić information content (AvgIpc) is 3.51. The zero-order valence-electron chi connectivity index (χ0n) is 23.2. The number of piperidine rings is 1. The van der Waals surface area contributed by atoms with E-state index in [9.17, 15) is 24.0 Å². The van der Waals surface area contributed by atoms with Crippen LogP contribution in [0.3, 0.4) is 0 Å². The van der Waals surface area contributed by atoms with Crippen LogP contribution in [-0.2, 0) is 30.5 Å². The van der Waals surface area contributed by atoms with Crippen molar-refractivity contribution >= 4 is 29.6 Å². The Kier molecular flexibility index (Phi) is 8.39. The number of ether oxygens (including phenoxy) is 1. The lowest BCUT2D eigenvalue weighted by atomic mass is 9.98. The molecular weight excluding hydrogens is 514 g/mol. The molecule has 0 aliphatic carbocycles. The highest BCUT2D eigenvalue weighted by Gasteiger charge is 2.45. The van der Waals surface area contributed by atoms with Crippen LogP contribution in [0, 0.1) is 0 Å². The van der Waals surface area contributed by atoms with E-state index in [1.165, 1.54) is 0 Å². The molecule has 216 valence electrons. The molecule has 4 saturated heterocycles. The summed E-state index contributed by atoms with van der Waals surface area (Å²) in [5.41, 5.74) is 1.21. The third-order valence-electron chi connectivity index (χ3n) is 8.79. The van der Waals surface area contributed by atoms with Crippen molar-refractivity contribution in [2.45, 2.75) is 101 Å². The Balaban J connectivity index is 1.23. The highest BCUT2D eigenvalue weighted by Crippen LogP contribution is 2.32. The Bertz CT molecular complexity index is 1170. The number of rotatable bonds is 7. The largest absolute Gasteiger partial charge is 0.461 e. The van der Waals surface area contributed by atoms with Crippen LogP contribution in [0.5, 0.6) is 0 Å². The molecular formula is C29H39N5O6. The van der Waals surface area contributed by atoms with E-state index < -0.39 is 24.2 Å². The highest BCUT2D eigenvalue weighted by atomic mass is 16.6. The van der Waals surface area contributed by atoms with Crippen LogP contribution in [0.2, 0.25) is 0 Å². The van der Waals surface area contributed by atoms with Gasteiger partial charge in [0.25, 0.3) is 5.91 Å². The van der Waals surface area contributed by atoms with Crippen molar-refractivity contribution in [3.05, 3.63) is 35.4 Å². The van der Waals surface area contributed by atoms with Crippen molar-refractivity contribution in [2.75, 3.05) is 13.6 Å². The molecule has 4 aliphatic rings. The zero-order chi connectivity index (χ0) is 28.4. The van der Waals surface area contributed by atoms with Crippen LogP contribution in [0.4, 0.5) is 0 Å². The molecule has 1 aromatic rings. The Labute approximate surface area is 234 Å². The molecule has 2 bridgehead atoms. The molecule has 4 heterocycles. The standard InChI is InChI=1S/C29H39N5O6/c1-17(30-2)25(35)32-22-9-4-3-8-20-10-11-23(34(20)28(22)38)26(36)31-16-18-6-5-7-19(14-18)27(37)33-13-12-21-15-24(33)29(39)40-21/h5-7,14,17,20-24,30H,3-4,8-13,15-16H2,1-2H3,(H,31,36)(H,32,35)/t17-,20-,21?,22-,23-,24?/m0/s1. The molecule has 1 aromatic carbocycles. The summed E-state index contributed by atoms with van der Waals surface area (Å²) in [6.45, 7) is 2.42. The summed E-state index contributed by atoms with van der Waals surface area (Å²) in [6.07, 6.45) is 5.59. The Hall–Kier alpha value is -3.47. The molecule has 4 fully saturated rings. The summed E-state index contributed by atoms with van der Waals surface area (Å²) in [7, 11) is 1.69. The second kappa shape index (κ2) is 12.0. The topological polar surface area (TPSA) is 137 Å². The first-order chi connectivity index (χ1) is 19.3. The Morgan fingerprint density at radius 1 is 1.07 bits per heavy atom. The summed E-state index contributed by atoms with van der Waals surface area (Å²) in [5.74, 6) is -1.23.